The molecule has 0 aromatic heterocycles. The van der Waals surface area contributed by atoms with Gasteiger partial charge in [0.1, 0.15) is 5.75 Å². The molecule has 1 unspecified atom stereocenters. The van der Waals surface area contributed by atoms with Crippen LogP contribution in [-0.4, -0.2) is 18.0 Å². The molecule has 0 aliphatic carbocycles. The average molecular weight is 366 g/mol. The largest absolute Gasteiger partial charge is 0.455 e. The van der Waals surface area contributed by atoms with Gasteiger partial charge in [-0.15, -0.1) is 0 Å². The number of rotatable bonds is 6. The van der Waals surface area contributed by atoms with Crippen molar-refractivity contribution >= 4 is 11.8 Å². The molecule has 1 atom stereocenters. The molecule has 0 aliphatic heterocycles. The molecule has 0 fully saturated rings. The Morgan fingerprint density at radius 3 is 2.22 bits per heavy atom. The molecule has 0 saturated heterocycles. The van der Waals surface area contributed by atoms with Gasteiger partial charge >= 0.3 is 5.97 Å². The lowest BCUT2D eigenvalue weighted by Gasteiger charge is -2.24. The predicted molar refractivity (Wildman–Crippen MR) is 106 cm³/mol. The quantitative estimate of drug-likeness (QED) is 0.310. The van der Waals surface area contributed by atoms with Crippen molar-refractivity contribution < 1.29 is 19.1 Å². The maximum absolute atomic E-state index is 12.9. The smallest absolute Gasteiger partial charge is 0.336 e. The van der Waals surface area contributed by atoms with E-state index >= 15 is 0 Å². The van der Waals surface area contributed by atoms with Crippen LogP contribution in [0.2, 0.25) is 0 Å². The lowest BCUT2D eigenvalue weighted by atomic mass is 9.81. The summed E-state index contributed by atoms with van der Waals surface area (Å²) in [7, 11) is 0. The third-order valence-corrected chi connectivity index (χ3v) is 4.00. The summed E-state index contributed by atoms with van der Waals surface area (Å²) in [5.41, 5.74) is 2.18. The predicted octanol–water partition coefficient (Wildman–Crippen LogP) is 5.06. The van der Waals surface area contributed by atoms with Gasteiger partial charge in [-0.25, -0.2) is 4.79 Å². The van der Waals surface area contributed by atoms with Crippen LogP contribution in [0.25, 0.3) is 0 Å². The fourth-order valence-corrected chi connectivity index (χ4v) is 2.63. The van der Waals surface area contributed by atoms with Crippen molar-refractivity contribution in [2.75, 3.05) is 0 Å². The summed E-state index contributed by atoms with van der Waals surface area (Å²) >= 11 is 0. The van der Waals surface area contributed by atoms with Gasteiger partial charge in [0, 0.05) is 23.6 Å². The summed E-state index contributed by atoms with van der Waals surface area (Å²) < 4.78 is 10.9. The Kier molecular flexibility index (Phi) is 6.21. The van der Waals surface area contributed by atoms with E-state index in [1.165, 1.54) is 0 Å². The zero-order valence-corrected chi connectivity index (χ0v) is 16.5. The first kappa shape index (κ1) is 20.4. The molecule has 0 radical (unpaired) electrons. The summed E-state index contributed by atoms with van der Waals surface area (Å²) in [6, 6.07) is 14.5. The standard InChI is InChI=1S/C23H26O4/c1-15(2)22(25)27-16(3)26-18-12-13-19(20(14-18)23(4,5)6)21(24)17-10-8-7-9-11-17/h7-14,16H,1H2,2-6H3. The van der Waals surface area contributed by atoms with E-state index in [1.807, 2.05) is 45.0 Å². The van der Waals surface area contributed by atoms with Crippen molar-refractivity contribution in [3.05, 3.63) is 77.4 Å². The molecule has 142 valence electrons. The van der Waals surface area contributed by atoms with Gasteiger partial charge in [-0.3, -0.25) is 4.79 Å². The SMILES string of the molecule is C=C(C)C(=O)OC(C)Oc1ccc(C(=O)c2ccccc2)c(C(C)(C)C)c1. The number of hydrogen-bond acceptors (Lipinski definition) is 4. The molecule has 4 heteroatoms. The van der Waals surface area contributed by atoms with Crippen LogP contribution in [0.3, 0.4) is 0 Å². The molecule has 2 aromatic rings. The molecule has 0 spiro atoms. The van der Waals surface area contributed by atoms with Gasteiger partial charge in [-0.2, -0.15) is 0 Å². The van der Waals surface area contributed by atoms with Crippen LogP contribution >= 0.6 is 0 Å². The molecule has 27 heavy (non-hydrogen) atoms. The zero-order valence-electron chi connectivity index (χ0n) is 16.5. The third kappa shape index (κ3) is 5.30. The van der Waals surface area contributed by atoms with Gasteiger partial charge in [0.25, 0.3) is 0 Å². The summed E-state index contributed by atoms with van der Waals surface area (Å²) in [5, 5.41) is 0. The second kappa shape index (κ2) is 8.21. The van der Waals surface area contributed by atoms with E-state index in [2.05, 4.69) is 6.58 Å². The Morgan fingerprint density at radius 2 is 1.67 bits per heavy atom. The van der Waals surface area contributed by atoms with Crippen molar-refractivity contribution in [2.24, 2.45) is 0 Å². The highest BCUT2D eigenvalue weighted by atomic mass is 16.7. The van der Waals surface area contributed by atoms with Gasteiger partial charge in [-0.05, 0) is 36.1 Å². The van der Waals surface area contributed by atoms with Crippen LogP contribution < -0.4 is 4.74 Å². The van der Waals surface area contributed by atoms with Gasteiger partial charge < -0.3 is 9.47 Å². The molecule has 0 amide bonds. The number of ether oxygens (including phenoxy) is 2. The van der Waals surface area contributed by atoms with Crippen LogP contribution in [0.4, 0.5) is 0 Å². The highest BCUT2D eigenvalue weighted by Crippen LogP contribution is 2.31. The van der Waals surface area contributed by atoms with Crippen LogP contribution in [0.5, 0.6) is 5.75 Å². The molecule has 0 saturated carbocycles. The Hall–Kier alpha value is -2.88. The summed E-state index contributed by atoms with van der Waals surface area (Å²) in [4.78, 5) is 24.6. The van der Waals surface area contributed by atoms with E-state index in [0.717, 1.165) is 5.56 Å². The molecule has 0 aliphatic rings. The first-order valence-electron chi connectivity index (χ1n) is 8.87. The first-order valence-corrected chi connectivity index (χ1v) is 8.87. The summed E-state index contributed by atoms with van der Waals surface area (Å²) in [6.07, 6.45) is -0.766. The molecule has 0 bridgehead atoms. The van der Waals surface area contributed by atoms with Crippen molar-refractivity contribution in [3.63, 3.8) is 0 Å². The molecular formula is C23H26O4. The van der Waals surface area contributed by atoms with Crippen LogP contribution in [0.1, 0.15) is 56.1 Å². The van der Waals surface area contributed by atoms with Gasteiger partial charge in [0.15, 0.2) is 5.78 Å². The maximum Gasteiger partial charge on any atom is 0.336 e. The minimum atomic E-state index is -0.766. The molecule has 2 aromatic carbocycles. The average Bonchev–Trinajstić information content (AvgIpc) is 2.61. The molecule has 0 heterocycles. The van der Waals surface area contributed by atoms with E-state index in [0.29, 0.717) is 22.4 Å². The fourth-order valence-electron chi connectivity index (χ4n) is 2.63. The number of ketones is 1. The fraction of sp³-hybridized carbons (Fsp3) is 0.304. The van der Waals surface area contributed by atoms with Crippen molar-refractivity contribution in [1.29, 1.82) is 0 Å². The number of benzene rings is 2. The van der Waals surface area contributed by atoms with Crippen molar-refractivity contribution in [1.82, 2.24) is 0 Å². The van der Waals surface area contributed by atoms with E-state index in [4.69, 9.17) is 9.47 Å². The van der Waals surface area contributed by atoms with Crippen molar-refractivity contribution in [3.8, 4) is 5.75 Å². The molecular weight excluding hydrogens is 340 g/mol. The van der Waals surface area contributed by atoms with Crippen molar-refractivity contribution in [2.45, 2.75) is 46.3 Å². The Balaban J connectivity index is 2.32. The summed E-state index contributed by atoms with van der Waals surface area (Å²) in [5.74, 6) is -0.00481. The lowest BCUT2D eigenvalue weighted by Crippen LogP contribution is -2.22. The number of hydrogen-bond donors (Lipinski definition) is 0. The van der Waals surface area contributed by atoms with Crippen LogP contribution in [0.15, 0.2) is 60.7 Å². The maximum atomic E-state index is 12.9. The third-order valence-electron chi connectivity index (χ3n) is 4.00. The van der Waals surface area contributed by atoms with E-state index in [-0.39, 0.29) is 11.2 Å². The number of carbonyl (C=O) groups is 2. The second-order valence-corrected chi connectivity index (χ2v) is 7.52. The van der Waals surface area contributed by atoms with Gasteiger partial charge in [0.2, 0.25) is 6.29 Å². The van der Waals surface area contributed by atoms with Gasteiger partial charge in [0.05, 0.1) is 0 Å². The highest BCUT2D eigenvalue weighted by Gasteiger charge is 2.24. The molecule has 0 N–H and O–H groups in total. The first-order chi connectivity index (χ1) is 12.6. The summed E-state index contributed by atoms with van der Waals surface area (Å²) in [6.45, 7) is 12.9. The lowest BCUT2D eigenvalue weighted by molar-refractivity contribution is -0.156. The normalized spacial score (nSPS) is 12.2. The van der Waals surface area contributed by atoms with Gasteiger partial charge in [-0.1, -0.05) is 57.7 Å². The van der Waals surface area contributed by atoms with Crippen LogP contribution in [-0.2, 0) is 14.9 Å². The van der Waals surface area contributed by atoms with E-state index in [9.17, 15) is 9.59 Å². The molecule has 4 nitrogen and oxygen atoms in total. The zero-order chi connectivity index (χ0) is 20.2. The number of esters is 1. The topological polar surface area (TPSA) is 52.6 Å². The number of carbonyl (C=O) groups excluding carboxylic acids is 2. The van der Waals surface area contributed by atoms with Crippen LogP contribution in [0, 0.1) is 0 Å². The minimum Gasteiger partial charge on any atom is -0.455 e. The Morgan fingerprint density at radius 1 is 1.04 bits per heavy atom. The Bertz CT molecular complexity index is 844. The van der Waals surface area contributed by atoms with E-state index < -0.39 is 12.3 Å². The minimum absolute atomic E-state index is 0.0335. The Labute approximate surface area is 160 Å². The highest BCUT2D eigenvalue weighted by molar-refractivity contribution is 6.10. The second-order valence-electron chi connectivity index (χ2n) is 7.52. The molecule has 2 rings (SSSR count). The van der Waals surface area contributed by atoms with E-state index in [1.54, 1.807) is 38.1 Å². The monoisotopic (exact) mass is 366 g/mol.